The summed E-state index contributed by atoms with van der Waals surface area (Å²) in [6, 6.07) is 6.25. The zero-order valence-electron chi connectivity index (χ0n) is 25.5. The molecule has 0 atom stereocenters. The first kappa shape index (κ1) is 35.4. The van der Waals surface area contributed by atoms with Crippen LogP contribution in [0.3, 0.4) is 0 Å². The number of phenolic OH excluding ortho intramolecular Hbond substituents is 1. The first-order chi connectivity index (χ1) is 21.3. The van der Waals surface area contributed by atoms with Gasteiger partial charge in [0.2, 0.25) is 23.0 Å². The molecule has 1 radical (unpaired) electrons. The molecule has 0 aliphatic heterocycles. The van der Waals surface area contributed by atoms with E-state index in [2.05, 4.69) is 30.8 Å². The van der Waals surface area contributed by atoms with E-state index in [1.54, 1.807) is 0 Å². The summed E-state index contributed by atoms with van der Waals surface area (Å²) in [5, 5.41) is 16.3. The molecule has 0 spiro atoms. The molecule has 0 bridgehead atoms. The summed E-state index contributed by atoms with van der Waals surface area (Å²) in [5.41, 5.74) is 11.9. The number of allylic oxidation sites excluding steroid dienone is 1. The van der Waals surface area contributed by atoms with Crippen molar-refractivity contribution in [3.8, 4) is 5.75 Å². The maximum atomic E-state index is 13.0. The van der Waals surface area contributed by atoms with Gasteiger partial charge in [-0.05, 0) is 41.9 Å². The SMILES string of the molecule is Nc1nc(Cl)nc(Nc2ccc3c(c2)C(S(=O)(=O)O)=CC(=O)C3=NNc2ccc3c(S(=O)(=O)O)cc(S(=O)(=O)O)c(N)c3c2O)n1.[Cu].[H+].[H+].[H+]. The van der Waals surface area contributed by atoms with E-state index in [4.69, 9.17) is 23.1 Å². The number of fused-ring (bicyclic) bond motifs is 2. The van der Waals surface area contributed by atoms with Gasteiger partial charge in [0.15, 0.2) is 5.75 Å². The number of benzene rings is 3. The van der Waals surface area contributed by atoms with Crippen LogP contribution in [0, 0.1) is 0 Å². The molecular weight excluding hydrogens is 759 g/mol. The van der Waals surface area contributed by atoms with E-state index < -0.39 is 78.8 Å². The van der Waals surface area contributed by atoms with E-state index in [9.17, 15) is 48.8 Å². The monoisotopic (exact) mass is 778 g/mol. The van der Waals surface area contributed by atoms with Crippen LogP contribution in [0.5, 0.6) is 5.75 Å². The quantitative estimate of drug-likeness (QED) is 0.0435. The maximum absolute atomic E-state index is 13.0. The molecular formula is C23H20ClCuN8O11S3+3. The van der Waals surface area contributed by atoms with Gasteiger partial charge in [0, 0.05) is 45.3 Å². The molecule has 0 unspecified atom stereocenters. The largest absolute Gasteiger partial charge is 1.00 e. The predicted octanol–water partition coefficient (Wildman–Crippen LogP) is 1.75. The van der Waals surface area contributed by atoms with Crippen molar-refractivity contribution < 1.29 is 70.2 Å². The summed E-state index contributed by atoms with van der Waals surface area (Å²) < 4.78 is 101. The maximum Gasteiger partial charge on any atom is 1.00 e. The number of nitrogens with one attached hydrogen (secondary N) is 2. The van der Waals surface area contributed by atoms with Crippen molar-refractivity contribution in [1.29, 1.82) is 0 Å². The predicted molar refractivity (Wildman–Crippen MR) is 167 cm³/mol. The molecule has 1 aliphatic carbocycles. The number of halogens is 1. The molecule has 4 aromatic rings. The number of carbonyl (C=O) groups excluding carboxylic acids is 1. The van der Waals surface area contributed by atoms with Crippen molar-refractivity contribution in [2.75, 3.05) is 22.2 Å². The minimum Gasteiger partial charge on any atom is -0.505 e. The number of carbonyl (C=O) groups is 1. The van der Waals surface area contributed by atoms with Gasteiger partial charge >= 0.3 is 4.28 Å². The standard InChI is InChI=1S/C23H17ClN8O11S3.Cu/c24-21-28-22(26)30-23(29-21)27-8-1-2-9-11(5-8)14(44(35,36)37)6-13(33)19(9)32-31-12-4-3-10-15(45(38,39)40)7-16(46(41,42)43)18(25)17(10)20(12)34;/h1-7,31,34H,25H2,(H,35,36,37)(H,38,39,40)(H,41,42,43)(H3,26,27,28,29,30);/p+3. The number of nitrogens with zero attached hydrogens (tertiary/aromatic N) is 4. The molecule has 251 valence electrons. The number of rotatable bonds is 7. The number of hydrazone groups is 1. The van der Waals surface area contributed by atoms with Gasteiger partial charge in [-0.2, -0.15) is 45.3 Å². The molecule has 10 N–H and O–H groups in total. The van der Waals surface area contributed by atoms with Crippen molar-refractivity contribution in [3.05, 3.63) is 58.9 Å². The normalized spacial score (nSPS) is 14.3. The zero-order valence-corrected chi connectivity index (χ0v) is 26.7. The fourth-order valence-electron chi connectivity index (χ4n) is 4.41. The summed E-state index contributed by atoms with van der Waals surface area (Å²) in [5.74, 6) is -2.29. The van der Waals surface area contributed by atoms with Crippen LogP contribution in [0.15, 0.2) is 57.4 Å². The van der Waals surface area contributed by atoms with Crippen molar-refractivity contribution in [2.24, 2.45) is 5.10 Å². The Morgan fingerprint density at radius 2 is 1.51 bits per heavy atom. The summed E-state index contributed by atoms with van der Waals surface area (Å²) in [7, 11) is -15.2. The molecule has 0 amide bonds. The number of hydrogen-bond donors (Lipinski definition) is 8. The first-order valence-corrected chi connectivity index (χ1v) is 16.6. The molecule has 1 heterocycles. The van der Waals surface area contributed by atoms with Gasteiger partial charge < -0.3 is 21.9 Å². The topological polar surface area (TPSA) is 328 Å². The van der Waals surface area contributed by atoms with Crippen LogP contribution in [0.4, 0.5) is 29.0 Å². The van der Waals surface area contributed by atoms with Gasteiger partial charge in [0.1, 0.15) is 20.4 Å². The Balaban J connectivity index is 0.00000312. The molecule has 1 aromatic heterocycles. The van der Waals surface area contributed by atoms with Gasteiger partial charge in [0.25, 0.3) is 30.4 Å². The Kier molecular flexibility index (Phi) is 9.26. The van der Waals surface area contributed by atoms with Crippen LogP contribution in [-0.4, -0.2) is 70.5 Å². The second kappa shape index (κ2) is 12.3. The first-order valence-electron chi connectivity index (χ1n) is 11.9. The van der Waals surface area contributed by atoms with E-state index in [1.165, 1.54) is 18.2 Å². The van der Waals surface area contributed by atoms with Gasteiger partial charge in [-0.1, -0.05) is 6.07 Å². The Bertz CT molecular complexity index is 2420. The number of phenols is 1. The molecule has 0 saturated heterocycles. The molecule has 47 heavy (non-hydrogen) atoms. The number of nitrogens with two attached hydrogens (primary N) is 2. The van der Waals surface area contributed by atoms with Gasteiger partial charge in [-0.25, -0.2) is 0 Å². The molecule has 5 rings (SSSR count). The fourth-order valence-corrected chi connectivity index (χ4v) is 6.72. The Labute approximate surface area is 283 Å². The smallest absolute Gasteiger partial charge is 0.505 e. The minimum absolute atomic E-state index is 0. The van der Waals surface area contributed by atoms with Crippen LogP contribution in [0.1, 0.15) is 15.4 Å². The van der Waals surface area contributed by atoms with Crippen LogP contribution >= 0.6 is 11.6 Å². The van der Waals surface area contributed by atoms with Crippen molar-refractivity contribution in [2.45, 2.75) is 9.79 Å². The van der Waals surface area contributed by atoms with Gasteiger partial charge in [-0.3, -0.25) is 23.9 Å². The summed E-state index contributed by atoms with van der Waals surface area (Å²) in [6.45, 7) is 0. The Morgan fingerprint density at radius 3 is 2.11 bits per heavy atom. The number of aromatic hydroxyl groups is 1. The second-order valence-corrected chi connectivity index (χ2v) is 13.7. The molecule has 19 nitrogen and oxygen atoms in total. The number of aromatic nitrogens is 3. The average Bonchev–Trinajstić information content (AvgIpc) is 2.90. The number of hydrogen-bond acceptors (Lipinski definition) is 16. The molecule has 0 saturated carbocycles. The van der Waals surface area contributed by atoms with Gasteiger partial charge in [-0.15, -0.1) is 0 Å². The number of ketones is 1. The zero-order chi connectivity index (χ0) is 33.9. The van der Waals surface area contributed by atoms with Crippen LogP contribution in [0.2, 0.25) is 5.28 Å². The molecule has 0 fully saturated rings. The summed E-state index contributed by atoms with van der Waals surface area (Å²) >= 11 is 5.78. The fraction of sp³-hybridized carbons (Fsp3) is 0. The van der Waals surface area contributed by atoms with E-state index in [0.717, 1.165) is 12.1 Å². The van der Waals surface area contributed by atoms with Crippen molar-refractivity contribution in [3.63, 3.8) is 0 Å². The van der Waals surface area contributed by atoms with E-state index in [0.29, 0.717) is 12.1 Å². The number of anilines is 5. The van der Waals surface area contributed by atoms with E-state index in [1.807, 2.05) is 0 Å². The molecule has 1 aliphatic rings. The molecule has 3 aromatic carbocycles. The second-order valence-electron chi connectivity index (χ2n) is 9.21. The minimum atomic E-state index is -5.16. The third-order valence-corrected chi connectivity index (χ3v) is 9.13. The van der Waals surface area contributed by atoms with Gasteiger partial charge in [0.05, 0.1) is 16.8 Å². The van der Waals surface area contributed by atoms with Crippen molar-refractivity contribution >= 4 is 98.1 Å². The average molecular weight is 780 g/mol. The van der Waals surface area contributed by atoms with E-state index >= 15 is 0 Å². The molecule has 24 heteroatoms. The third-order valence-electron chi connectivity index (χ3n) is 6.28. The third kappa shape index (κ3) is 6.97. The summed E-state index contributed by atoms with van der Waals surface area (Å²) in [4.78, 5) is 21.3. The van der Waals surface area contributed by atoms with Crippen LogP contribution < -0.4 is 22.2 Å². The Morgan fingerprint density at radius 1 is 0.851 bits per heavy atom. The summed E-state index contributed by atoms with van der Waals surface area (Å²) in [6.07, 6.45) is 0.578. The van der Waals surface area contributed by atoms with Crippen LogP contribution in [-0.2, 0) is 52.2 Å². The Hall–Kier alpha value is -4.45. The van der Waals surface area contributed by atoms with Crippen molar-refractivity contribution in [1.82, 2.24) is 15.0 Å². The number of nitrogen functional groups attached to an aromatic ring is 2. The van der Waals surface area contributed by atoms with E-state index in [-0.39, 0.29) is 61.0 Å². The van der Waals surface area contributed by atoms with Crippen LogP contribution in [0.25, 0.3) is 15.7 Å².